The zero-order valence-corrected chi connectivity index (χ0v) is 9.72. The summed E-state index contributed by atoms with van der Waals surface area (Å²) in [5.74, 6) is 2.71. The summed E-state index contributed by atoms with van der Waals surface area (Å²) in [5.41, 5.74) is 1.25. The molecule has 0 unspecified atom stereocenters. The van der Waals surface area contributed by atoms with E-state index in [1.807, 2.05) is 26.0 Å². The van der Waals surface area contributed by atoms with Crippen LogP contribution >= 0.6 is 15.9 Å². The molecule has 0 aliphatic rings. The Balaban J connectivity index is 3.36. The van der Waals surface area contributed by atoms with Crippen molar-refractivity contribution in [3.05, 3.63) is 33.8 Å². The van der Waals surface area contributed by atoms with Gasteiger partial charge in [0.1, 0.15) is 0 Å². The monoisotopic (exact) mass is 247 g/mol. The highest BCUT2D eigenvalue weighted by Crippen LogP contribution is 2.30. The molecular formula is C12H10BrN. The van der Waals surface area contributed by atoms with Gasteiger partial charge in [-0.3, -0.25) is 0 Å². The molecule has 0 fully saturated rings. The van der Waals surface area contributed by atoms with Crippen molar-refractivity contribution in [2.24, 2.45) is 0 Å². The molecule has 0 aromatic heterocycles. The summed E-state index contributed by atoms with van der Waals surface area (Å²) in [6.07, 6.45) is 5.44. The first-order chi connectivity index (χ1) is 6.51. The van der Waals surface area contributed by atoms with Gasteiger partial charge < -0.3 is 0 Å². The second kappa shape index (κ2) is 3.86. The molecule has 0 aliphatic heterocycles. The lowest BCUT2D eigenvalue weighted by Crippen LogP contribution is -2.14. The van der Waals surface area contributed by atoms with Gasteiger partial charge in [0, 0.05) is 4.47 Å². The predicted octanol–water partition coefficient (Wildman–Crippen LogP) is 3.23. The van der Waals surface area contributed by atoms with Gasteiger partial charge in [0.25, 0.3) is 0 Å². The maximum Gasteiger partial charge on any atom is 0.0991 e. The van der Waals surface area contributed by atoms with E-state index in [0.29, 0.717) is 5.56 Å². The fraction of sp³-hybridized carbons (Fsp3) is 0.250. The van der Waals surface area contributed by atoms with Crippen LogP contribution in [0.3, 0.4) is 0 Å². The van der Waals surface area contributed by atoms with Crippen molar-refractivity contribution in [1.29, 1.82) is 5.26 Å². The third kappa shape index (κ3) is 1.97. The van der Waals surface area contributed by atoms with Crippen molar-refractivity contribution in [2.45, 2.75) is 19.3 Å². The quantitative estimate of drug-likeness (QED) is 0.700. The Morgan fingerprint density at radius 2 is 2.07 bits per heavy atom. The van der Waals surface area contributed by atoms with Crippen LogP contribution in [0.1, 0.15) is 25.0 Å². The average molecular weight is 248 g/mol. The molecule has 70 valence electrons. The third-order valence-electron chi connectivity index (χ3n) is 2.13. The number of benzene rings is 1. The maximum atomic E-state index is 8.77. The first-order valence-corrected chi connectivity index (χ1v) is 4.98. The zero-order valence-electron chi connectivity index (χ0n) is 8.13. The van der Waals surface area contributed by atoms with Crippen molar-refractivity contribution < 1.29 is 0 Å². The predicted molar refractivity (Wildman–Crippen MR) is 60.7 cm³/mol. The lowest BCUT2D eigenvalue weighted by molar-refractivity contribution is 0.695. The molecule has 1 aromatic rings. The maximum absolute atomic E-state index is 8.77. The van der Waals surface area contributed by atoms with E-state index in [2.05, 4.69) is 27.9 Å². The van der Waals surface area contributed by atoms with Gasteiger partial charge in [0.15, 0.2) is 0 Å². The first-order valence-electron chi connectivity index (χ1n) is 4.19. The Kier molecular flexibility index (Phi) is 2.99. The SMILES string of the molecule is C#CC(C)(C)c1cc(C#N)ccc1Br. The number of rotatable bonds is 1. The summed E-state index contributed by atoms with van der Waals surface area (Å²) in [5, 5.41) is 8.77. The Labute approximate surface area is 92.9 Å². The molecule has 0 bridgehead atoms. The second-order valence-electron chi connectivity index (χ2n) is 3.58. The van der Waals surface area contributed by atoms with Crippen molar-refractivity contribution in [3.8, 4) is 18.4 Å². The minimum Gasteiger partial charge on any atom is -0.192 e. The second-order valence-corrected chi connectivity index (χ2v) is 4.43. The smallest absolute Gasteiger partial charge is 0.0991 e. The number of hydrogen-bond acceptors (Lipinski definition) is 1. The van der Waals surface area contributed by atoms with Crippen LogP contribution in [0.25, 0.3) is 0 Å². The fourth-order valence-electron chi connectivity index (χ4n) is 1.15. The number of halogens is 1. The molecule has 1 rings (SSSR count). The molecule has 0 heterocycles. The zero-order chi connectivity index (χ0) is 10.8. The molecule has 2 heteroatoms. The molecule has 0 spiro atoms. The molecule has 1 nitrogen and oxygen atoms in total. The lowest BCUT2D eigenvalue weighted by Gasteiger charge is -2.19. The third-order valence-corrected chi connectivity index (χ3v) is 2.82. The van der Waals surface area contributed by atoms with E-state index in [9.17, 15) is 0 Å². The van der Waals surface area contributed by atoms with Crippen molar-refractivity contribution in [1.82, 2.24) is 0 Å². The minimum atomic E-state index is -0.355. The summed E-state index contributed by atoms with van der Waals surface area (Å²) in [4.78, 5) is 0. The van der Waals surface area contributed by atoms with Crippen LogP contribution in [0.5, 0.6) is 0 Å². The molecule has 0 saturated carbocycles. The minimum absolute atomic E-state index is 0.355. The van der Waals surface area contributed by atoms with Crippen LogP contribution in [-0.2, 0) is 5.41 Å². The Morgan fingerprint density at radius 1 is 1.43 bits per heavy atom. The van der Waals surface area contributed by atoms with E-state index < -0.39 is 0 Å². The molecule has 0 aliphatic carbocycles. The Morgan fingerprint density at radius 3 is 2.57 bits per heavy atom. The Hall–Kier alpha value is -1.25. The molecular weight excluding hydrogens is 238 g/mol. The lowest BCUT2D eigenvalue weighted by atomic mass is 9.85. The summed E-state index contributed by atoms with van der Waals surface area (Å²) < 4.78 is 0.944. The molecule has 1 aromatic carbocycles. The fourth-order valence-corrected chi connectivity index (χ4v) is 1.89. The summed E-state index contributed by atoms with van der Waals surface area (Å²) in [6, 6.07) is 7.54. The highest BCUT2D eigenvalue weighted by atomic mass is 79.9. The molecule has 0 amide bonds. The summed E-state index contributed by atoms with van der Waals surface area (Å²) in [7, 11) is 0. The standard InChI is InChI=1S/C12H10BrN/c1-4-12(2,3)10-7-9(8-14)5-6-11(10)13/h1,5-7H,2-3H3. The van der Waals surface area contributed by atoms with Gasteiger partial charge in [-0.15, -0.1) is 6.42 Å². The van der Waals surface area contributed by atoms with E-state index in [4.69, 9.17) is 11.7 Å². The van der Waals surface area contributed by atoms with E-state index >= 15 is 0 Å². The van der Waals surface area contributed by atoms with E-state index in [0.717, 1.165) is 10.0 Å². The van der Waals surface area contributed by atoms with Gasteiger partial charge in [-0.1, -0.05) is 21.9 Å². The number of terminal acetylenes is 1. The number of hydrogen-bond donors (Lipinski definition) is 0. The molecule has 14 heavy (non-hydrogen) atoms. The van der Waals surface area contributed by atoms with E-state index in [1.54, 1.807) is 6.07 Å². The largest absolute Gasteiger partial charge is 0.192 e. The van der Waals surface area contributed by atoms with Gasteiger partial charge in [0.05, 0.1) is 17.0 Å². The molecule has 0 N–H and O–H groups in total. The highest BCUT2D eigenvalue weighted by Gasteiger charge is 2.20. The highest BCUT2D eigenvalue weighted by molar-refractivity contribution is 9.10. The van der Waals surface area contributed by atoms with Crippen molar-refractivity contribution in [3.63, 3.8) is 0 Å². The van der Waals surface area contributed by atoms with Crippen LogP contribution in [-0.4, -0.2) is 0 Å². The van der Waals surface area contributed by atoms with Crippen LogP contribution in [0, 0.1) is 23.7 Å². The number of nitriles is 1. The molecule has 0 saturated heterocycles. The number of nitrogens with zero attached hydrogens (tertiary/aromatic N) is 1. The van der Waals surface area contributed by atoms with Crippen LogP contribution < -0.4 is 0 Å². The van der Waals surface area contributed by atoms with Gasteiger partial charge in [-0.2, -0.15) is 5.26 Å². The van der Waals surface area contributed by atoms with Crippen LogP contribution in [0.15, 0.2) is 22.7 Å². The summed E-state index contributed by atoms with van der Waals surface area (Å²) >= 11 is 3.43. The average Bonchev–Trinajstić information content (AvgIpc) is 2.18. The first kappa shape index (κ1) is 10.8. The normalized spacial score (nSPS) is 10.4. The van der Waals surface area contributed by atoms with Crippen LogP contribution in [0.2, 0.25) is 0 Å². The van der Waals surface area contributed by atoms with Gasteiger partial charge in [-0.05, 0) is 37.6 Å². The van der Waals surface area contributed by atoms with Crippen LogP contribution in [0.4, 0.5) is 0 Å². The van der Waals surface area contributed by atoms with Gasteiger partial charge in [-0.25, -0.2) is 0 Å². The van der Waals surface area contributed by atoms with E-state index in [1.165, 1.54) is 0 Å². The summed E-state index contributed by atoms with van der Waals surface area (Å²) in [6.45, 7) is 3.91. The van der Waals surface area contributed by atoms with E-state index in [-0.39, 0.29) is 5.41 Å². The van der Waals surface area contributed by atoms with Crippen molar-refractivity contribution in [2.75, 3.05) is 0 Å². The van der Waals surface area contributed by atoms with Crippen molar-refractivity contribution >= 4 is 15.9 Å². The Bertz CT molecular complexity index is 433. The molecule has 0 atom stereocenters. The topological polar surface area (TPSA) is 23.8 Å². The molecule has 0 radical (unpaired) electrons. The van der Waals surface area contributed by atoms with Gasteiger partial charge >= 0.3 is 0 Å². The van der Waals surface area contributed by atoms with Gasteiger partial charge in [0.2, 0.25) is 0 Å².